The van der Waals surface area contributed by atoms with Gasteiger partial charge in [0.1, 0.15) is 0 Å². The second kappa shape index (κ2) is 5.22. The summed E-state index contributed by atoms with van der Waals surface area (Å²) in [5.74, 6) is -0.915. The van der Waals surface area contributed by atoms with Gasteiger partial charge in [0, 0.05) is 11.3 Å². The van der Waals surface area contributed by atoms with Gasteiger partial charge in [0.2, 0.25) is 0 Å². The van der Waals surface area contributed by atoms with Crippen LogP contribution in [-0.4, -0.2) is 11.8 Å². The van der Waals surface area contributed by atoms with Crippen molar-refractivity contribution in [3.05, 3.63) is 59.7 Å². The van der Waals surface area contributed by atoms with Crippen LogP contribution in [0.3, 0.4) is 0 Å². The normalized spacial score (nSPS) is 9.89. The van der Waals surface area contributed by atoms with Gasteiger partial charge in [0.05, 0.1) is 11.3 Å². The highest BCUT2D eigenvalue weighted by molar-refractivity contribution is 6.08. The monoisotopic (exact) mass is 255 g/mol. The van der Waals surface area contributed by atoms with Crippen LogP contribution in [0.2, 0.25) is 0 Å². The van der Waals surface area contributed by atoms with E-state index in [0.29, 0.717) is 16.9 Å². The number of primary amides is 1. The van der Waals surface area contributed by atoms with Crippen LogP contribution >= 0.6 is 0 Å². The van der Waals surface area contributed by atoms with Gasteiger partial charge in [0.25, 0.3) is 11.8 Å². The molecular weight excluding hydrogens is 242 g/mol. The van der Waals surface area contributed by atoms with Crippen LogP contribution < -0.4 is 16.8 Å². The lowest BCUT2D eigenvalue weighted by molar-refractivity contribution is 0.100. The van der Waals surface area contributed by atoms with Crippen molar-refractivity contribution in [2.75, 3.05) is 11.1 Å². The molecule has 2 aromatic rings. The average Bonchev–Trinajstić information content (AvgIpc) is 2.39. The van der Waals surface area contributed by atoms with Crippen LogP contribution in [0.5, 0.6) is 0 Å². The molecule has 0 spiro atoms. The van der Waals surface area contributed by atoms with E-state index in [9.17, 15) is 9.59 Å². The Morgan fingerprint density at radius 1 is 0.947 bits per heavy atom. The molecule has 0 bridgehead atoms. The number of hydrogen-bond acceptors (Lipinski definition) is 3. The van der Waals surface area contributed by atoms with Crippen molar-refractivity contribution >= 4 is 23.2 Å². The third kappa shape index (κ3) is 2.90. The summed E-state index contributed by atoms with van der Waals surface area (Å²) in [5.41, 5.74) is 12.5. The number of benzene rings is 2. The van der Waals surface area contributed by atoms with Gasteiger partial charge in [-0.05, 0) is 36.4 Å². The summed E-state index contributed by atoms with van der Waals surface area (Å²) in [6.45, 7) is 0. The van der Waals surface area contributed by atoms with Crippen molar-refractivity contribution in [1.82, 2.24) is 0 Å². The Hall–Kier alpha value is -2.82. The molecule has 0 saturated heterocycles. The highest BCUT2D eigenvalue weighted by Crippen LogP contribution is 2.16. The SMILES string of the molecule is NC(=O)c1ccccc1NC(=O)c1ccc(N)cc1. The molecule has 0 aliphatic heterocycles. The maximum Gasteiger partial charge on any atom is 0.255 e. The predicted molar refractivity (Wildman–Crippen MR) is 73.8 cm³/mol. The van der Waals surface area contributed by atoms with E-state index in [-0.39, 0.29) is 11.5 Å². The van der Waals surface area contributed by atoms with Crippen molar-refractivity contribution in [3.8, 4) is 0 Å². The molecule has 0 unspecified atom stereocenters. The Kier molecular flexibility index (Phi) is 3.47. The molecule has 19 heavy (non-hydrogen) atoms. The van der Waals surface area contributed by atoms with Crippen molar-refractivity contribution in [2.24, 2.45) is 5.73 Å². The molecule has 0 fully saturated rings. The topological polar surface area (TPSA) is 98.2 Å². The first-order valence-corrected chi connectivity index (χ1v) is 5.63. The van der Waals surface area contributed by atoms with Gasteiger partial charge in [-0.15, -0.1) is 0 Å². The summed E-state index contributed by atoms with van der Waals surface area (Å²) in [4.78, 5) is 23.2. The van der Waals surface area contributed by atoms with Crippen LogP contribution in [0.25, 0.3) is 0 Å². The van der Waals surface area contributed by atoms with Crippen molar-refractivity contribution in [2.45, 2.75) is 0 Å². The average molecular weight is 255 g/mol. The molecule has 5 heteroatoms. The van der Waals surface area contributed by atoms with Crippen LogP contribution in [0.15, 0.2) is 48.5 Å². The number of rotatable bonds is 3. The van der Waals surface area contributed by atoms with E-state index in [1.54, 1.807) is 48.5 Å². The summed E-state index contributed by atoms with van der Waals surface area (Å²) in [6.07, 6.45) is 0. The minimum Gasteiger partial charge on any atom is -0.399 e. The fraction of sp³-hybridized carbons (Fsp3) is 0. The summed E-state index contributed by atoms with van der Waals surface area (Å²) in [6, 6.07) is 13.1. The third-order valence-electron chi connectivity index (χ3n) is 2.61. The number of nitrogens with one attached hydrogen (secondary N) is 1. The molecule has 0 aromatic heterocycles. The third-order valence-corrected chi connectivity index (χ3v) is 2.61. The predicted octanol–water partition coefficient (Wildman–Crippen LogP) is 1.62. The Bertz CT molecular complexity index is 621. The number of nitrogens with two attached hydrogens (primary N) is 2. The van der Waals surface area contributed by atoms with E-state index in [2.05, 4.69) is 5.32 Å². The molecule has 2 amide bonds. The molecule has 0 aliphatic rings. The Labute approximate surface area is 110 Å². The molecule has 2 aromatic carbocycles. The first-order valence-electron chi connectivity index (χ1n) is 5.63. The Balaban J connectivity index is 2.24. The van der Waals surface area contributed by atoms with E-state index < -0.39 is 5.91 Å². The molecule has 0 saturated carbocycles. The van der Waals surface area contributed by atoms with Gasteiger partial charge in [-0.1, -0.05) is 12.1 Å². The largest absolute Gasteiger partial charge is 0.399 e. The lowest BCUT2D eigenvalue weighted by Crippen LogP contribution is -2.18. The smallest absolute Gasteiger partial charge is 0.255 e. The Morgan fingerprint density at radius 3 is 2.21 bits per heavy atom. The van der Waals surface area contributed by atoms with Crippen molar-refractivity contribution in [3.63, 3.8) is 0 Å². The molecule has 96 valence electrons. The van der Waals surface area contributed by atoms with Gasteiger partial charge in [-0.3, -0.25) is 9.59 Å². The number of nitrogen functional groups attached to an aromatic ring is 1. The highest BCUT2D eigenvalue weighted by Gasteiger charge is 2.11. The van der Waals surface area contributed by atoms with Crippen LogP contribution in [0.4, 0.5) is 11.4 Å². The number of carbonyl (C=O) groups is 2. The quantitative estimate of drug-likeness (QED) is 0.727. The second-order valence-electron chi connectivity index (χ2n) is 3.99. The van der Waals surface area contributed by atoms with E-state index in [0.717, 1.165) is 0 Å². The molecule has 0 radical (unpaired) electrons. The van der Waals surface area contributed by atoms with Gasteiger partial charge in [-0.25, -0.2) is 0 Å². The standard InChI is InChI=1S/C14H13N3O2/c15-10-7-5-9(6-8-10)14(19)17-12-4-2-1-3-11(12)13(16)18/h1-8H,15H2,(H2,16,18)(H,17,19). The zero-order chi connectivity index (χ0) is 13.8. The zero-order valence-corrected chi connectivity index (χ0v) is 10.1. The number of carbonyl (C=O) groups excluding carboxylic acids is 2. The molecule has 5 nitrogen and oxygen atoms in total. The fourth-order valence-corrected chi connectivity index (χ4v) is 1.64. The highest BCUT2D eigenvalue weighted by atomic mass is 16.2. The lowest BCUT2D eigenvalue weighted by atomic mass is 10.1. The number of para-hydroxylation sites is 1. The first kappa shape index (κ1) is 12.6. The fourth-order valence-electron chi connectivity index (χ4n) is 1.64. The zero-order valence-electron chi connectivity index (χ0n) is 10.1. The maximum absolute atomic E-state index is 12.0. The summed E-state index contributed by atoms with van der Waals surface area (Å²) < 4.78 is 0. The summed E-state index contributed by atoms with van der Waals surface area (Å²) >= 11 is 0. The summed E-state index contributed by atoms with van der Waals surface area (Å²) in [7, 11) is 0. The van der Waals surface area contributed by atoms with E-state index >= 15 is 0 Å². The van der Waals surface area contributed by atoms with Gasteiger partial charge in [0.15, 0.2) is 0 Å². The lowest BCUT2D eigenvalue weighted by Gasteiger charge is -2.08. The van der Waals surface area contributed by atoms with Gasteiger partial charge < -0.3 is 16.8 Å². The Morgan fingerprint density at radius 2 is 1.58 bits per heavy atom. The van der Waals surface area contributed by atoms with Crippen LogP contribution in [0, 0.1) is 0 Å². The van der Waals surface area contributed by atoms with Crippen LogP contribution in [0.1, 0.15) is 20.7 Å². The van der Waals surface area contributed by atoms with Crippen LogP contribution in [-0.2, 0) is 0 Å². The molecule has 0 atom stereocenters. The molecule has 0 aliphatic carbocycles. The maximum atomic E-state index is 12.0. The van der Waals surface area contributed by atoms with E-state index in [1.807, 2.05) is 0 Å². The molecule has 5 N–H and O–H groups in total. The molecule has 2 rings (SSSR count). The minimum absolute atomic E-state index is 0.270. The number of anilines is 2. The molecular formula is C14H13N3O2. The van der Waals surface area contributed by atoms with Gasteiger partial charge >= 0.3 is 0 Å². The van der Waals surface area contributed by atoms with E-state index in [1.165, 1.54) is 0 Å². The van der Waals surface area contributed by atoms with E-state index in [4.69, 9.17) is 11.5 Å². The molecule has 0 heterocycles. The minimum atomic E-state index is -0.590. The summed E-state index contributed by atoms with van der Waals surface area (Å²) in [5, 5.41) is 2.65. The number of amides is 2. The van der Waals surface area contributed by atoms with Crippen molar-refractivity contribution in [1.29, 1.82) is 0 Å². The van der Waals surface area contributed by atoms with Gasteiger partial charge in [-0.2, -0.15) is 0 Å². The first-order chi connectivity index (χ1) is 9.08. The number of hydrogen-bond donors (Lipinski definition) is 3. The second-order valence-corrected chi connectivity index (χ2v) is 3.99. The van der Waals surface area contributed by atoms with Crippen molar-refractivity contribution < 1.29 is 9.59 Å².